The summed E-state index contributed by atoms with van der Waals surface area (Å²) < 4.78 is 22.8. The highest BCUT2D eigenvalue weighted by Gasteiger charge is 2.36. The van der Waals surface area contributed by atoms with Crippen LogP contribution in [-0.2, 0) is 15.8 Å². The fourth-order valence-corrected chi connectivity index (χ4v) is 9.75. The molecule has 1 amide bonds. The van der Waals surface area contributed by atoms with Gasteiger partial charge in [-0.15, -0.1) is 0 Å². The van der Waals surface area contributed by atoms with E-state index in [1.54, 1.807) is 42.5 Å². The van der Waals surface area contributed by atoms with E-state index in [1.807, 2.05) is 11.6 Å². The topological polar surface area (TPSA) is 77.3 Å². The lowest BCUT2D eigenvalue weighted by atomic mass is 9.84. The molecular formula is C33H43Cl2FN4O3Si. The average molecular weight is 662 g/mol. The molecule has 0 spiro atoms. The van der Waals surface area contributed by atoms with E-state index in [0.717, 1.165) is 55.1 Å². The first kappa shape index (κ1) is 34.3. The van der Waals surface area contributed by atoms with Crippen molar-refractivity contribution in [3.63, 3.8) is 0 Å². The van der Waals surface area contributed by atoms with Gasteiger partial charge in [0, 0.05) is 36.1 Å². The second kappa shape index (κ2) is 15.1. The molecule has 1 atom stereocenters. The third-order valence-electron chi connectivity index (χ3n) is 9.39. The Bertz CT molecular complexity index is 1410. The average Bonchev–Trinajstić information content (AvgIpc) is 3.41. The van der Waals surface area contributed by atoms with Crippen molar-refractivity contribution in [3.8, 4) is 0 Å². The number of amides is 1. The van der Waals surface area contributed by atoms with Crippen LogP contribution in [0.3, 0.4) is 0 Å². The van der Waals surface area contributed by atoms with E-state index < -0.39 is 14.4 Å². The maximum Gasteiger partial charge on any atom is 0.257 e. The zero-order chi connectivity index (χ0) is 32.0. The van der Waals surface area contributed by atoms with Crippen LogP contribution in [0.2, 0.25) is 28.2 Å². The molecule has 0 bridgehead atoms. The molecule has 1 aromatic carbocycles. The van der Waals surface area contributed by atoms with E-state index in [1.165, 1.54) is 12.1 Å². The Morgan fingerprint density at radius 3 is 2.16 bits per heavy atom. The van der Waals surface area contributed by atoms with Crippen LogP contribution in [0.5, 0.6) is 0 Å². The van der Waals surface area contributed by atoms with Gasteiger partial charge in [0.25, 0.3) is 5.91 Å². The zero-order valence-corrected chi connectivity index (χ0v) is 28.8. The van der Waals surface area contributed by atoms with Crippen LogP contribution in [-0.4, -0.2) is 46.2 Å². The fraction of sp³-hybridized carbons (Fsp3) is 0.515. The van der Waals surface area contributed by atoms with E-state index in [0.29, 0.717) is 21.2 Å². The summed E-state index contributed by atoms with van der Waals surface area (Å²) in [5.74, 6) is -0.213. The predicted molar refractivity (Wildman–Crippen MR) is 175 cm³/mol. The highest BCUT2D eigenvalue weighted by molar-refractivity contribution is 6.73. The monoisotopic (exact) mass is 660 g/mol. The van der Waals surface area contributed by atoms with E-state index in [4.69, 9.17) is 27.6 Å². The summed E-state index contributed by atoms with van der Waals surface area (Å²) in [5, 5.41) is 5.42. The molecule has 1 saturated carbocycles. The van der Waals surface area contributed by atoms with E-state index in [-0.39, 0.29) is 42.6 Å². The van der Waals surface area contributed by atoms with Crippen LogP contribution in [0.15, 0.2) is 42.9 Å². The number of pyridine rings is 1. The zero-order valence-electron chi connectivity index (χ0n) is 26.3. The lowest BCUT2D eigenvalue weighted by molar-refractivity contribution is -0.121. The summed E-state index contributed by atoms with van der Waals surface area (Å²) in [4.78, 5) is 32.2. The van der Waals surface area contributed by atoms with Gasteiger partial charge in [-0.25, -0.2) is 4.39 Å². The molecule has 44 heavy (non-hydrogen) atoms. The fourth-order valence-electron chi connectivity index (χ4n) is 6.35. The minimum atomic E-state index is -2.20. The van der Waals surface area contributed by atoms with Gasteiger partial charge >= 0.3 is 0 Å². The Morgan fingerprint density at radius 2 is 1.61 bits per heavy atom. The van der Waals surface area contributed by atoms with E-state index in [2.05, 4.69) is 30.9 Å². The molecule has 2 heterocycles. The van der Waals surface area contributed by atoms with Crippen LogP contribution in [0.4, 0.5) is 4.39 Å². The number of Topliss-reactive ketones (excluding diaryl/α,β-unsaturated/α-hetero) is 1. The lowest BCUT2D eigenvalue weighted by Crippen LogP contribution is -2.42. The lowest BCUT2D eigenvalue weighted by Gasteiger charge is -2.37. The van der Waals surface area contributed by atoms with Crippen LogP contribution in [0, 0.1) is 18.7 Å². The van der Waals surface area contributed by atoms with E-state index >= 15 is 0 Å². The number of hydrogen-bond acceptors (Lipinski definition) is 5. The Balaban J connectivity index is 1.71. The second-order valence-corrected chi connectivity index (χ2v) is 17.4. The third-order valence-corrected chi connectivity index (χ3v) is 14.6. The highest BCUT2D eigenvalue weighted by atomic mass is 35.5. The third kappa shape index (κ3) is 7.79. The van der Waals surface area contributed by atoms with Crippen molar-refractivity contribution in [1.82, 2.24) is 19.7 Å². The largest absolute Gasteiger partial charge is 0.408 e. The first-order chi connectivity index (χ1) is 21.0. The first-order valence-corrected chi connectivity index (χ1v) is 18.9. The molecular weight excluding hydrogens is 618 g/mol. The highest BCUT2D eigenvalue weighted by Crippen LogP contribution is 2.38. The molecule has 0 N–H and O–H groups in total. The number of aromatic nitrogens is 3. The van der Waals surface area contributed by atoms with Gasteiger partial charge in [-0.3, -0.25) is 19.3 Å². The quantitative estimate of drug-likeness (QED) is 0.171. The van der Waals surface area contributed by atoms with Crippen molar-refractivity contribution < 1.29 is 18.4 Å². The van der Waals surface area contributed by atoms with Crippen molar-refractivity contribution in [3.05, 3.63) is 81.1 Å². The maximum absolute atomic E-state index is 14.4. The molecule has 1 unspecified atom stereocenters. The van der Waals surface area contributed by atoms with Gasteiger partial charge in [0.2, 0.25) is 0 Å². The van der Waals surface area contributed by atoms with Crippen molar-refractivity contribution in [2.75, 3.05) is 6.54 Å². The number of ketones is 1. The number of hydrogen-bond donors (Lipinski definition) is 0. The van der Waals surface area contributed by atoms with Crippen molar-refractivity contribution in [2.45, 2.75) is 97.1 Å². The summed E-state index contributed by atoms with van der Waals surface area (Å²) >= 11 is 13.4. The Kier molecular flexibility index (Phi) is 11.8. The molecule has 1 fully saturated rings. The minimum absolute atomic E-state index is 0.100. The molecule has 0 radical (unpaired) electrons. The normalized spacial score (nSPS) is 17.8. The van der Waals surface area contributed by atoms with Crippen LogP contribution < -0.4 is 0 Å². The molecule has 1 aliphatic rings. The number of carbonyl (C=O) groups is 2. The molecule has 0 aliphatic heterocycles. The van der Waals surface area contributed by atoms with Gasteiger partial charge < -0.3 is 9.33 Å². The minimum Gasteiger partial charge on any atom is -0.408 e. The van der Waals surface area contributed by atoms with Gasteiger partial charge in [0.05, 0.1) is 40.5 Å². The van der Waals surface area contributed by atoms with Gasteiger partial charge in [0.1, 0.15) is 11.6 Å². The summed E-state index contributed by atoms with van der Waals surface area (Å²) in [6.45, 7) is 10.4. The van der Waals surface area contributed by atoms with Gasteiger partial charge in [-0.2, -0.15) is 5.10 Å². The number of benzene rings is 1. The van der Waals surface area contributed by atoms with Crippen LogP contribution in [0.1, 0.15) is 92.7 Å². The van der Waals surface area contributed by atoms with Crippen molar-refractivity contribution in [2.24, 2.45) is 5.92 Å². The Morgan fingerprint density at radius 1 is 1.02 bits per heavy atom. The smallest absolute Gasteiger partial charge is 0.257 e. The molecule has 4 rings (SSSR count). The number of rotatable bonds is 13. The number of halogens is 3. The van der Waals surface area contributed by atoms with Crippen LogP contribution in [0.25, 0.3) is 0 Å². The SMILES string of the molecule is CC[Si](CC)(CC)OC(CN(Cc1ccc(F)cc1)C(=O)c1cnn([C@H]2CC[C@H](C(C)=O)CC2)c1C)c1c(Cl)cncc1Cl. The molecule has 11 heteroatoms. The Labute approximate surface area is 271 Å². The van der Waals surface area contributed by atoms with Gasteiger partial charge in [-0.1, -0.05) is 56.1 Å². The standard InChI is InChI=1S/C33H43Cl2FN4O3Si/c1-6-44(7-2,8-3)43-31(32-29(34)18-37-19-30(32)35)21-39(20-24-9-13-26(36)14-10-24)33(42)28-17-38-40(22(28)4)27-15-11-25(12-16-27)23(5)41/h9-10,13-14,17-19,25,27,31H,6-8,11-12,15-16,20-21H2,1-5H3/t25-,27-,31?. The number of carbonyl (C=O) groups excluding carboxylic acids is 2. The van der Waals surface area contributed by atoms with E-state index in [9.17, 15) is 14.0 Å². The number of nitrogens with zero attached hydrogens (tertiary/aromatic N) is 4. The molecule has 238 valence electrons. The predicted octanol–water partition coefficient (Wildman–Crippen LogP) is 8.76. The van der Waals surface area contributed by atoms with Crippen molar-refractivity contribution in [1.29, 1.82) is 0 Å². The molecule has 1 aliphatic carbocycles. The maximum atomic E-state index is 14.4. The summed E-state index contributed by atoms with van der Waals surface area (Å²) in [6.07, 6.45) is 7.47. The summed E-state index contributed by atoms with van der Waals surface area (Å²) in [5.41, 5.74) is 2.67. The molecule has 3 aromatic rings. The van der Waals surface area contributed by atoms with Gasteiger partial charge in [-0.05, 0) is 75.4 Å². The Hall–Kier alpha value is -2.59. The second-order valence-electron chi connectivity index (χ2n) is 11.9. The van der Waals surface area contributed by atoms with Crippen molar-refractivity contribution >= 4 is 43.2 Å². The summed E-state index contributed by atoms with van der Waals surface area (Å²) in [6, 6.07) is 9.00. The van der Waals surface area contributed by atoms with Gasteiger partial charge in [0.15, 0.2) is 8.32 Å². The molecule has 0 saturated heterocycles. The first-order valence-electron chi connectivity index (χ1n) is 15.6. The molecule has 2 aromatic heterocycles. The molecule has 7 nitrogen and oxygen atoms in total. The summed E-state index contributed by atoms with van der Waals surface area (Å²) in [7, 11) is -2.20. The van der Waals surface area contributed by atoms with Crippen LogP contribution >= 0.6 is 23.2 Å².